The predicted octanol–water partition coefficient (Wildman–Crippen LogP) is 4.30. The van der Waals surface area contributed by atoms with Crippen LogP contribution in [-0.2, 0) is 5.41 Å². The lowest BCUT2D eigenvalue weighted by atomic mass is 9.84. The molecule has 3 aromatic rings. The van der Waals surface area contributed by atoms with Gasteiger partial charge in [0.25, 0.3) is 11.2 Å². The maximum absolute atomic E-state index is 12.4. The Morgan fingerprint density at radius 2 is 1.78 bits per heavy atom. The van der Waals surface area contributed by atoms with E-state index in [0.29, 0.717) is 11.4 Å². The highest BCUT2D eigenvalue weighted by molar-refractivity contribution is 5.83. The summed E-state index contributed by atoms with van der Waals surface area (Å²) in [6.45, 7) is 8.03. The average molecular weight is 435 g/mol. The van der Waals surface area contributed by atoms with Crippen LogP contribution >= 0.6 is 0 Å². The molecule has 3 rings (SSSR count). The molecule has 0 bridgehead atoms. The van der Waals surface area contributed by atoms with Crippen LogP contribution in [0.4, 0.5) is 5.69 Å². The van der Waals surface area contributed by atoms with Crippen LogP contribution in [0.1, 0.15) is 44.4 Å². The molecule has 0 saturated heterocycles. The third-order valence-corrected chi connectivity index (χ3v) is 5.12. The molecule has 0 spiro atoms. The van der Waals surface area contributed by atoms with Crippen molar-refractivity contribution < 1.29 is 9.66 Å². The van der Waals surface area contributed by atoms with Crippen LogP contribution in [0.5, 0.6) is 5.75 Å². The van der Waals surface area contributed by atoms with Gasteiger partial charge >= 0.3 is 5.69 Å². The quantitative estimate of drug-likeness (QED) is 0.365. The number of methoxy groups -OCH3 is 1. The standard InChI is InChI=1S/C24H25N3O5/c1-15(16-6-8-18(9-7-16)27(30)31)12-17-13-19(26-11-10-21(28)25-23(26)29)14-20(22(17)32-5)24(2,3)4/h6-14H,1-5H3,(H,25,28,29). The predicted molar refractivity (Wildman–Crippen MR) is 125 cm³/mol. The van der Waals surface area contributed by atoms with Crippen LogP contribution in [0, 0.1) is 10.1 Å². The Balaban J connectivity index is 2.23. The van der Waals surface area contributed by atoms with E-state index in [2.05, 4.69) is 4.98 Å². The van der Waals surface area contributed by atoms with E-state index in [1.807, 2.05) is 45.9 Å². The van der Waals surface area contributed by atoms with Gasteiger partial charge in [0.15, 0.2) is 0 Å². The van der Waals surface area contributed by atoms with E-state index in [1.54, 1.807) is 19.2 Å². The summed E-state index contributed by atoms with van der Waals surface area (Å²) in [5.41, 5.74) is 2.62. The molecule has 1 heterocycles. The molecule has 0 aliphatic rings. The van der Waals surface area contributed by atoms with Gasteiger partial charge in [-0.25, -0.2) is 4.79 Å². The third kappa shape index (κ3) is 4.69. The normalized spacial score (nSPS) is 12.0. The number of nitro groups is 1. The van der Waals surface area contributed by atoms with E-state index in [9.17, 15) is 19.7 Å². The Labute approximate surface area is 185 Å². The molecule has 0 radical (unpaired) electrons. The van der Waals surface area contributed by atoms with Crippen molar-refractivity contribution in [2.45, 2.75) is 33.1 Å². The largest absolute Gasteiger partial charge is 0.496 e. The lowest BCUT2D eigenvalue weighted by molar-refractivity contribution is -0.384. The SMILES string of the molecule is COc1c(C=C(C)c2ccc([N+](=O)[O-])cc2)cc(-n2ccc(=O)[nH]c2=O)cc1C(C)(C)C. The molecule has 0 fully saturated rings. The summed E-state index contributed by atoms with van der Waals surface area (Å²) in [4.78, 5) is 36.7. The number of hydrogen-bond donors (Lipinski definition) is 1. The number of rotatable bonds is 5. The van der Waals surface area contributed by atoms with Gasteiger partial charge < -0.3 is 4.74 Å². The van der Waals surface area contributed by atoms with Gasteiger partial charge in [0, 0.05) is 35.5 Å². The highest BCUT2D eigenvalue weighted by Gasteiger charge is 2.23. The number of allylic oxidation sites excluding steroid dienone is 1. The van der Waals surface area contributed by atoms with Crippen LogP contribution < -0.4 is 16.0 Å². The molecule has 0 atom stereocenters. The maximum atomic E-state index is 12.4. The minimum Gasteiger partial charge on any atom is -0.496 e. The average Bonchev–Trinajstić information content (AvgIpc) is 2.72. The monoisotopic (exact) mass is 435 g/mol. The Hall–Kier alpha value is -3.94. The van der Waals surface area contributed by atoms with Crippen molar-refractivity contribution in [2.24, 2.45) is 0 Å². The number of ether oxygens (including phenoxy) is 1. The minimum atomic E-state index is -0.537. The van der Waals surface area contributed by atoms with Gasteiger partial charge in [-0.15, -0.1) is 0 Å². The Morgan fingerprint density at radius 3 is 2.31 bits per heavy atom. The number of benzene rings is 2. The van der Waals surface area contributed by atoms with Crippen molar-refractivity contribution in [2.75, 3.05) is 7.11 Å². The molecule has 0 aliphatic carbocycles. The van der Waals surface area contributed by atoms with Gasteiger partial charge in [-0.3, -0.25) is 24.5 Å². The molecular weight excluding hydrogens is 410 g/mol. The molecule has 2 aromatic carbocycles. The summed E-state index contributed by atoms with van der Waals surface area (Å²) in [5, 5.41) is 10.9. The molecule has 1 N–H and O–H groups in total. The number of nitrogens with one attached hydrogen (secondary N) is 1. The van der Waals surface area contributed by atoms with E-state index in [4.69, 9.17) is 4.74 Å². The minimum absolute atomic E-state index is 0.0218. The number of aromatic amines is 1. The van der Waals surface area contributed by atoms with Gasteiger partial charge in [0.05, 0.1) is 17.7 Å². The summed E-state index contributed by atoms with van der Waals surface area (Å²) in [6, 6.07) is 11.3. The van der Waals surface area contributed by atoms with Crippen LogP contribution in [0.15, 0.2) is 58.3 Å². The van der Waals surface area contributed by atoms with Gasteiger partial charge in [-0.2, -0.15) is 0 Å². The van der Waals surface area contributed by atoms with Crippen molar-refractivity contribution in [3.63, 3.8) is 0 Å². The lowest BCUT2D eigenvalue weighted by Crippen LogP contribution is -2.28. The van der Waals surface area contributed by atoms with Crippen LogP contribution in [-0.4, -0.2) is 21.6 Å². The fourth-order valence-corrected chi connectivity index (χ4v) is 3.45. The Morgan fingerprint density at radius 1 is 1.12 bits per heavy atom. The second kappa shape index (κ2) is 8.66. The topological polar surface area (TPSA) is 107 Å². The van der Waals surface area contributed by atoms with E-state index in [0.717, 1.165) is 22.3 Å². The molecule has 166 valence electrons. The summed E-state index contributed by atoms with van der Waals surface area (Å²) in [7, 11) is 1.59. The first-order valence-corrected chi connectivity index (χ1v) is 9.99. The number of nitro benzene ring substituents is 1. The van der Waals surface area contributed by atoms with E-state index < -0.39 is 16.2 Å². The molecule has 0 saturated carbocycles. The lowest BCUT2D eigenvalue weighted by Gasteiger charge is -2.25. The second-order valence-corrected chi connectivity index (χ2v) is 8.48. The number of aromatic nitrogens is 2. The Bertz CT molecular complexity index is 1310. The number of nitrogens with zero attached hydrogens (tertiary/aromatic N) is 2. The van der Waals surface area contributed by atoms with Gasteiger partial charge in [0.1, 0.15) is 5.75 Å². The van der Waals surface area contributed by atoms with Gasteiger partial charge in [-0.05, 0) is 53.8 Å². The van der Waals surface area contributed by atoms with Crippen molar-refractivity contribution >= 4 is 17.3 Å². The first kappa shape index (κ1) is 22.7. The highest BCUT2D eigenvalue weighted by Crippen LogP contribution is 2.37. The molecular formula is C24H25N3O5. The van der Waals surface area contributed by atoms with Crippen molar-refractivity contribution in [3.8, 4) is 11.4 Å². The summed E-state index contributed by atoms with van der Waals surface area (Å²) < 4.78 is 7.12. The number of H-pyrrole nitrogens is 1. The zero-order valence-electron chi connectivity index (χ0n) is 18.6. The van der Waals surface area contributed by atoms with Crippen LogP contribution in [0.2, 0.25) is 0 Å². The zero-order chi connectivity index (χ0) is 23.6. The van der Waals surface area contributed by atoms with Gasteiger partial charge in [0.2, 0.25) is 0 Å². The zero-order valence-corrected chi connectivity index (χ0v) is 18.6. The fraction of sp³-hybridized carbons (Fsp3) is 0.250. The van der Waals surface area contributed by atoms with Crippen LogP contribution in [0.25, 0.3) is 17.3 Å². The molecule has 32 heavy (non-hydrogen) atoms. The molecule has 0 amide bonds. The van der Waals surface area contributed by atoms with Gasteiger partial charge in [-0.1, -0.05) is 20.8 Å². The molecule has 0 unspecified atom stereocenters. The van der Waals surface area contributed by atoms with Crippen molar-refractivity contribution in [3.05, 3.63) is 96.3 Å². The molecule has 1 aromatic heterocycles. The molecule has 8 heteroatoms. The second-order valence-electron chi connectivity index (χ2n) is 8.48. The smallest absolute Gasteiger partial charge is 0.332 e. The first-order chi connectivity index (χ1) is 15.0. The number of hydrogen-bond acceptors (Lipinski definition) is 5. The highest BCUT2D eigenvalue weighted by atomic mass is 16.6. The van der Waals surface area contributed by atoms with E-state index in [-0.39, 0.29) is 11.1 Å². The fourth-order valence-electron chi connectivity index (χ4n) is 3.45. The van der Waals surface area contributed by atoms with E-state index in [1.165, 1.54) is 29.0 Å². The third-order valence-electron chi connectivity index (χ3n) is 5.12. The van der Waals surface area contributed by atoms with E-state index >= 15 is 0 Å². The number of non-ortho nitro benzene ring substituents is 1. The maximum Gasteiger partial charge on any atom is 0.332 e. The summed E-state index contributed by atoms with van der Waals surface area (Å²) in [6.07, 6.45) is 3.35. The first-order valence-electron chi connectivity index (χ1n) is 9.99. The van der Waals surface area contributed by atoms with Crippen molar-refractivity contribution in [1.82, 2.24) is 9.55 Å². The van der Waals surface area contributed by atoms with Crippen LogP contribution in [0.3, 0.4) is 0 Å². The summed E-state index contributed by atoms with van der Waals surface area (Å²) >= 11 is 0. The molecule has 8 nitrogen and oxygen atoms in total. The summed E-state index contributed by atoms with van der Waals surface area (Å²) in [5.74, 6) is 0.667. The van der Waals surface area contributed by atoms with Crippen molar-refractivity contribution in [1.29, 1.82) is 0 Å². The Kier molecular flexibility index (Phi) is 6.16. The molecule has 0 aliphatic heterocycles.